The highest BCUT2D eigenvalue weighted by Crippen LogP contribution is 2.48. The van der Waals surface area contributed by atoms with E-state index >= 15 is 0 Å². The summed E-state index contributed by atoms with van der Waals surface area (Å²) in [5.41, 5.74) is 3.09. The van der Waals surface area contributed by atoms with Crippen molar-refractivity contribution in [3.05, 3.63) is 58.3 Å². The second kappa shape index (κ2) is 11.4. The summed E-state index contributed by atoms with van der Waals surface area (Å²) in [4.78, 5) is 5.97. The van der Waals surface area contributed by atoms with E-state index in [1.165, 1.54) is 94.5 Å². The molecule has 0 bridgehead atoms. The number of thiophene rings is 3. The Balaban J connectivity index is 1.66. The van der Waals surface area contributed by atoms with Crippen LogP contribution in [0.5, 0.6) is 0 Å². The molecule has 3 heteroatoms. The summed E-state index contributed by atoms with van der Waals surface area (Å²) >= 11 is 5.88. The van der Waals surface area contributed by atoms with Crippen molar-refractivity contribution >= 4 is 44.8 Å². The minimum atomic E-state index is 1.21. The average molecular weight is 467 g/mol. The molecule has 31 heavy (non-hydrogen) atoms. The van der Waals surface area contributed by atoms with Crippen molar-refractivity contribution in [1.82, 2.24) is 0 Å². The molecule has 0 saturated heterocycles. The molecule has 0 aliphatic heterocycles. The average Bonchev–Trinajstić information content (AvgIpc) is 3.52. The van der Waals surface area contributed by atoms with Crippen molar-refractivity contribution in [1.29, 1.82) is 0 Å². The Kier molecular flexibility index (Phi) is 8.40. The molecule has 0 radical (unpaired) electrons. The zero-order chi connectivity index (χ0) is 21.5. The minimum Gasteiger partial charge on any atom is -0.143 e. The Bertz CT molecular complexity index is 995. The number of unbranched alkanes of at least 4 members (excludes halogenated alkanes) is 6. The van der Waals surface area contributed by atoms with Gasteiger partial charge in [0.2, 0.25) is 0 Å². The SMILES string of the molecule is CCCCCCc1ccsc1-c1sc(-c2sccc2CCCCCC)c2ccccc12. The van der Waals surface area contributed by atoms with E-state index in [1.54, 1.807) is 11.1 Å². The van der Waals surface area contributed by atoms with Crippen LogP contribution in [-0.4, -0.2) is 0 Å². The van der Waals surface area contributed by atoms with Crippen LogP contribution in [0.1, 0.15) is 76.3 Å². The molecule has 0 aliphatic rings. The Morgan fingerprint density at radius 2 is 1.03 bits per heavy atom. The van der Waals surface area contributed by atoms with Gasteiger partial charge in [0.15, 0.2) is 0 Å². The second-order valence-electron chi connectivity index (χ2n) is 8.48. The molecule has 0 unspecified atom stereocenters. The highest BCUT2D eigenvalue weighted by Gasteiger charge is 2.19. The number of rotatable bonds is 12. The normalized spacial score (nSPS) is 11.5. The monoisotopic (exact) mass is 466 g/mol. The summed E-state index contributed by atoms with van der Waals surface area (Å²) in [5.74, 6) is 0. The molecule has 0 aliphatic carbocycles. The standard InChI is InChI=1S/C28H34S3/c1-3-5-7-9-13-21-17-19-29-25(21)27-23-15-11-12-16-24(23)28(31-27)26-22(18-20-30-26)14-10-8-6-4-2/h11-12,15-20H,3-10,13-14H2,1-2H3. The van der Waals surface area contributed by atoms with Gasteiger partial charge in [0, 0.05) is 20.5 Å². The number of aryl methyl sites for hydroxylation is 2. The van der Waals surface area contributed by atoms with Gasteiger partial charge < -0.3 is 0 Å². The molecule has 4 rings (SSSR count). The van der Waals surface area contributed by atoms with Crippen LogP contribution in [0.4, 0.5) is 0 Å². The maximum absolute atomic E-state index is 2.37. The lowest BCUT2D eigenvalue weighted by Gasteiger charge is -2.03. The summed E-state index contributed by atoms with van der Waals surface area (Å²) in [5, 5.41) is 7.46. The fraction of sp³-hybridized carbons (Fsp3) is 0.429. The predicted molar refractivity (Wildman–Crippen MR) is 144 cm³/mol. The van der Waals surface area contributed by atoms with Gasteiger partial charge in [-0.05, 0) is 59.7 Å². The van der Waals surface area contributed by atoms with Crippen molar-refractivity contribution in [2.45, 2.75) is 78.1 Å². The largest absolute Gasteiger partial charge is 0.143 e. The van der Waals surface area contributed by atoms with E-state index in [1.807, 2.05) is 34.0 Å². The first kappa shape index (κ1) is 22.8. The van der Waals surface area contributed by atoms with Crippen LogP contribution in [-0.2, 0) is 12.8 Å². The zero-order valence-electron chi connectivity index (χ0n) is 18.9. The first-order valence-electron chi connectivity index (χ1n) is 12.0. The van der Waals surface area contributed by atoms with Crippen LogP contribution in [0, 0.1) is 0 Å². The molecule has 4 aromatic rings. The topological polar surface area (TPSA) is 0 Å². The minimum absolute atomic E-state index is 1.21. The smallest absolute Gasteiger partial charge is 0.0530 e. The van der Waals surface area contributed by atoms with Gasteiger partial charge >= 0.3 is 0 Å². The molecule has 0 nitrogen and oxygen atoms in total. The first-order valence-corrected chi connectivity index (χ1v) is 14.6. The van der Waals surface area contributed by atoms with E-state index in [4.69, 9.17) is 0 Å². The molecular weight excluding hydrogens is 433 g/mol. The Morgan fingerprint density at radius 3 is 1.48 bits per heavy atom. The Hall–Kier alpha value is -1.42. The molecule has 1 aromatic carbocycles. The van der Waals surface area contributed by atoms with Crippen molar-refractivity contribution in [3.8, 4) is 19.5 Å². The van der Waals surface area contributed by atoms with Crippen LogP contribution in [0.25, 0.3) is 30.3 Å². The number of hydrogen-bond donors (Lipinski definition) is 0. The van der Waals surface area contributed by atoms with E-state index < -0.39 is 0 Å². The van der Waals surface area contributed by atoms with Crippen molar-refractivity contribution in [3.63, 3.8) is 0 Å². The molecule has 0 fully saturated rings. The maximum Gasteiger partial charge on any atom is 0.0530 e. The molecule has 0 amide bonds. The van der Waals surface area contributed by atoms with Crippen LogP contribution >= 0.6 is 34.0 Å². The lowest BCUT2D eigenvalue weighted by atomic mass is 10.0. The van der Waals surface area contributed by atoms with Crippen molar-refractivity contribution < 1.29 is 0 Å². The second-order valence-corrected chi connectivity index (χ2v) is 11.3. The molecule has 0 atom stereocenters. The van der Waals surface area contributed by atoms with Gasteiger partial charge in [-0.25, -0.2) is 0 Å². The van der Waals surface area contributed by atoms with Gasteiger partial charge in [-0.1, -0.05) is 76.6 Å². The lowest BCUT2D eigenvalue weighted by Crippen LogP contribution is -1.85. The van der Waals surface area contributed by atoms with Gasteiger partial charge in [0.05, 0.1) is 9.75 Å². The van der Waals surface area contributed by atoms with Crippen LogP contribution in [0.2, 0.25) is 0 Å². The molecular formula is C28H34S3. The number of fused-ring (bicyclic) bond motifs is 1. The van der Waals surface area contributed by atoms with Crippen LogP contribution < -0.4 is 0 Å². The third-order valence-corrected chi connectivity index (χ3v) is 9.59. The Morgan fingerprint density at radius 1 is 0.548 bits per heavy atom. The third kappa shape index (κ3) is 5.32. The van der Waals surface area contributed by atoms with Crippen LogP contribution in [0.15, 0.2) is 47.2 Å². The summed E-state index contributed by atoms with van der Waals surface area (Å²) < 4.78 is 0. The predicted octanol–water partition coefficient (Wildman–Crippen LogP) is 10.6. The van der Waals surface area contributed by atoms with Crippen LogP contribution in [0.3, 0.4) is 0 Å². The molecule has 3 heterocycles. The highest BCUT2D eigenvalue weighted by atomic mass is 32.1. The van der Waals surface area contributed by atoms with Crippen molar-refractivity contribution in [2.24, 2.45) is 0 Å². The summed E-state index contributed by atoms with van der Waals surface area (Å²) in [6.07, 6.45) is 13.0. The molecule has 164 valence electrons. The fourth-order valence-corrected chi connectivity index (χ4v) is 7.96. The Labute approximate surface area is 200 Å². The summed E-state index contributed by atoms with van der Waals surface area (Å²) in [6, 6.07) is 13.8. The van der Waals surface area contributed by atoms with Gasteiger partial charge in [0.1, 0.15) is 0 Å². The summed E-state index contributed by atoms with van der Waals surface area (Å²) in [6.45, 7) is 4.58. The van der Waals surface area contributed by atoms with E-state index in [2.05, 4.69) is 61.0 Å². The third-order valence-electron chi connectivity index (χ3n) is 6.13. The quantitative estimate of drug-likeness (QED) is 0.182. The van der Waals surface area contributed by atoms with Gasteiger partial charge in [0.25, 0.3) is 0 Å². The zero-order valence-corrected chi connectivity index (χ0v) is 21.4. The molecule has 0 spiro atoms. The van der Waals surface area contributed by atoms with Gasteiger partial charge in [-0.3, -0.25) is 0 Å². The molecule has 3 aromatic heterocycles. The van der Waals surface area contributed by atoms with Gasteiger partial charge in [-0.2, -0.15) is 0 Å². The first-order chi connectivity index (χ1) is 15.3. The fourth-order valence-electron chi connectivity index (χ4n) is 4.38. The van der Waals surface area contributed by atoms with E-state index in [-0.39, 0.29) is 0 Å². The lowest BCUT2D eigenvalue weighted by molar-refractivity contribution is 0.668. The highest BCUT2D eigenvalue weighted by molar-refractivity contribution is 7.27. The summed E-state index contributed by atoms with van der Waals surface area (Å²) in [7, 11) is 0. The number of hydrogen-bond acceptors (Lipinski definition) is 3. The van der Waals surface area contributed by atoms with Gasteiger partial charge in [-0.15, -0.1) is 34.0 Å². The molecule has 0 saturated carbocycles. The van der Waals surface area contributed by atoms with E-state index in [0.29, 0.717) is 0 Å². The maximum atomic E-state index is 2.37. The number of benzene rings is 1. The van der Waals surface area contributed by atoms with Crippen molar-refractivity contribution in [2.75, 3.05) is 0 Å². The van der Waals surface area contributed by atoms with E-state index in [9.17, 15) is 0 Å². The van der Waals surface area contributed by atoms with E-state index in [0.717, 1.165) is 0 Å². The molecule has 0 N–H and O–H groups in total.